The minimum absolute atomic E-state index is 0.0231. The molecule has 1 N–H and O–H groups in total. The number of amides is 1. The molecule has 0 saturated heterocycles. The second-order valence-electron chi connectivity index (χ2n) is 5.08. The van der Waals surface area contributed by atoms with Gasteiger partial charge in [0.05, 0.1) is 6.04 Å². The highest BCUT2D eigenvalue weighted by molar-refractivity contribution is 5.76. The van der Waals surface area contributed by atoms with Crippen LogP contribution in [-0.4, -0.2) is 31.1 Å². The first kappa shape index (κ1) is 14.8. The summed E-state index contributed by atoms with van der Waals surface area (Å²) in [6.07, 6.45) is 3.31. The lowest BCUT2D eigenvalue weighted by atomic mass is 10.1. The number of hydrogen-bond donors (Lipinski definition) is 1. The summed E-state index contributed by atoms with van der Waals surface area (Å²) < 4.78 is 0. The van der Waals surface area contributed by atoms with E-state index < -0.39 is 0 Å². The summed E-state index contributed by atoms with van der Waals surface area (Å²) in [6.45, 7) is 1.96. The Kier molecular flexibility index (Phi) is 4.37. The summed E-state index contributed by atoms with van der Waals surface area (Å²) in [6, 6.07) is 13.3. The molecule has 1 unspecified atom stereocenters. The summed E-state index contributed by atoms with van der Waals surface area (Å²) in [5.41, 5.74) is 1.86. The predicted molar refractivity (Wildman–Crippen MR) is 84.0 cm³/mol. The maximum atomic E-state index is 12.1. The first-order valence-corrected chi connectivity index (χ1v) is 7.25. The third-order valence-corrected chi connectivity index (χ3v) is 3.35. The third kappa shape index (κ3) is 3.76. The quantitative estimate of drug-likeness (QED) is 0.774. The van der Waals surface area contributed by atoms with Crippen molar-refractivity contribution < 1.29 is 4.79 Å². The summed E-state index contributed by atoms with van der Waals surface area (Å²) in [4.78, 5) is 17.3. The Balaban J connectivity index is 1.61. The molecule has 0 aliphatic heterocycles. The number of rotatable bonds is 5. The molecule has 0 radical (unpaired) electrons. The number of nitrogens with one attached hydrogen (secondary N) is 1. The Bertz CT molecular complexity index is 772. The lowest BCUT2D eigenvalue weighted by Gasteiger charge is -2.13. The van der Waals surface area contributed by atoms with E-state index in [1.165, 1.54) is 4.80 Å². The van der Waals surface area contributed by atoms with Crippen LogP contribution < -0.4 is 5.32 Å². The molecule has 0 saturated carbocycles. The van der Waals surface area contributed by atoms with E-state index in [2.05, 4.69) is 25.7 Å². The monoisotopic (exact) mass is 308 g/mol. The second kappa shape index (κ2) is 6.78. The van der Waals surface area contributed by atoms with Crippen LogP contribution in [0.2, 0.25) is 0 Å². The van der Waals surface area contributed by atoms with E-state index in [-0.39, 0.29) is 18.5 Å². The van der Waals surface area contributed by atoms with Crippen molar-refractivity contribution in [3.63, 3.8) is 0 Å². The summed E-state index contributed by atoms with van der Waals surface area (Å²) >= 11 is 0. The van der Waals surface area contributed by atoms with Crippen LogP contribution in [0, 0.1) is 0 Å². The zero-order valence-electron chi connectivity index (χ0n) is 12.6. The van der Waals surface area contributed by atoms with Gasteiger partial charge in [0.2, 0.25) is 11.7 Å². The normalized spacial score (nSPS) is 11.9. The van der Waals surface area contributed by atoms with Gasteiger partial charge in [-0.1, -0.05) is 30.3 Å². The van der Waals surface area contributed by atoms with Gasteiger partial charge in [-0.05, 0) is 29.8 Å². The highest BCUT2D eigenvalue weighted by atomic mass is 16.2. The van der Waals surface area contributed by atoms with Gasteiger partial charge in [-0.3, -0.25) is 9.78 Å². The van der Waals surface area contributed by atoms with Gasteiger partial charge < -0.3 is 5.32 Å². The molecular formula is C16H16N6O. The van der Waals surface area contributed by atoms with Crippen LogP contribution >= 0.6 is 0 Å². The average Bonchev–Trinajstić information content (AvgIpc) is 3.04. The first-order valence-electron chi connectivity index (χ1n) is 7.25. The van der Waals surface area contributed by atoms with Crippen LogP contribution in [0.5, 0.6) is 0 Å². The summed E-state index contributed by atoms with van der Waals surface area (Å²) in [5.74, 6) is 0.302. The molecule has 0 aliphatic carbocycles. The Labute approximate surface area is 133 Å². The number of pyridine rings is 1. The fourth-order valence-corrected chi connectivity index (χ4v) is 2.17. The maximum absolute atomic E-state index is 12.1. The molecule has 1 atom stereocenters. The Morgan fingerprint density at radius 1 is 1.17 bits per heavy atom. The maximum Gasteiger partial charge on any atom is 0.244 e. The molecule has 0 fully saturated rings. The fourth-order valence-electron chi connectivity index (χ4n) is 2.17. The van der Waals surface area contributed by atoms with E-state index in [0.29, 0.717) is 5.82 Å². The molecule has 3 rings (SSSR count). The molecule has 2 heterocycles. The first-order chi connectivity index (χ1) is 11.2. The topological polar surface area (TPSA) is 85.6 Å². The van der Waals surface area contributed by atoms with Crippen molar-refractivity contribution in [2.24, 2.45) is 0 Å². The largest absolute Gasteiger partial charge is 0.348 e. The number of nitrogens with zero attached hydrogens (tertiary/aromatic N) is 5. The van der Waals surface area contributed by atoms with Gasteiger partial charge >= 0.3 is 0 Å². The van der Waals surface area contributed by atoms with Crippen LogP contribution in [0.25, 0.3) is 11.4 Å². The smallest absolute Gasteiger partial charge is 0.244 e. The van der Waals surface area contributed by atoms with E-state index in [1.807, 2.05) is 37.3 Å². The molecule has 23 heavy (non-hydrogen) atoms. The van der Waals surface area contributed by atoms with Crippen LogP contribution in [0.4, 0.5) is 0 Å². The van der Waals surface area contributed by atoms with E-state index in [9.17, 15) is 4.79 Å². The molecule has 116 valence electrons. The van der Waals surface area contributed by atoms with Crippen LogP contribution in [-0.2, 0) is 11.3 Å². The number of benzene rings is 1. The lowest BCUT2D eigenvalue weighted by Crippen LogP contribution is -2.30. The van der Waals surface area contributed by atoms with Gasteiger partial charge in [0.1, 0.15) is 6.54 Å². The fraction of sp³-hybridized carbons (Fsp3) is 0.188. The highest BCUT2D eigenvalue weighted by Gasteiger charge is 2.12. The van der Waals surface area contributed by atoms with Crippen LogP contribution in [0.15, 0.2) is 54.9 Å². The molecule has 7 heteroatoms. The average molecular weight is 308 g/mol. The van der Waals surface area contributed by atoms with Crippen molar-refractivity contribution in [1.82, 2.24) is 30.5 Å². The van der Waals surface area contributed by atoms with Gasteiger partial charge in [0.25, 0.3) is 0 Å². The van der Waals surface area contributed by atoms with E-state index in [1.54, 1.807) is 24.5 Å². The van der Waals surface area contributed by atoms with Crippen molar-refractivity contribution in [3.05, 3.63) is 60.4 Å². The van der Waals surface area contributed by atoms with E-state index in [4.69, 9.17) is 0 Å². The van der Waals surface area contributed by atoms with Crippen molar-refractivity contribution >= 4 is 5.91 Å². The van der Waals surface area contributed by atoms with Gasteiger partial charge in [0, 0.05) is 18.0 Å². The predicted octanol–water partition coefficient (Wildman–Crippen LogP) is 1.61. The van der Waals surface area contributed by atoms with E-state index in [0.717, 1.165) is 11.1 Å². The van der Waals surface area contributed by atoms with Gasteiger partial charge in [-0.15, -0.1) is 10.2 Å². The van der Waals surface area contributed by atoms with Crippen LogP contribution in [0.3, 0.4) is 0 Å². The summed E-state index contributed by atoms with van der Waals surface area (Å²) in [7, 11) is 0. The number of hydrogen-bond acceptors (Lipinski definition) is 5. The number of carbonyl (C=O) groups is 1. The highest BCUT2D eigenvalue weighted by Crippen LogP contribution is 2.12. The molecule has 0 bridgehead atoms. The van der Waals surface area contributed by atoms with E-state index >= 15 is 0 Å². The molecular weight excluding hydrogens is 292 g/mol. The Hall–Kier alpha value is -3.09. The second-order valence-corrected chi connectivity index (χ2v) is 5.08. The van der Waals surface area contributed by atoms with Crippen molar-refractivity contribution in [2.75, 3.05) is 0 Å². The molecule has 2 aromatic heterocycles. The SMILES string of the molecule is CC(NC(=O)Cn1nnc(-c2ccncc2)n1)c1ccccc1. The summed E-state index contributed by atoms with van der Waals surface area (Å²) in [5, 5.41) is 15.0. The molecule has 0 spiro atoms. The lowest BCUT2D eigenvalue weighted by molar-refractivity contribution is -0.122. The third-order valence-electron chi connectivity index (χ3n) is 3.35. The van der Waals surface area contributed by atoms with Crippen molar-refractivity contribution in [1.29, 1.82) is 0 Å². The number of tetrazole rings is 1. The number of carbonyl (C=O) groups excluding carboxylic acids is 1. The standard InChI is InChI=1S/C16H16N6O/c1-12(13-5-3-2-4-6-13)18-15(23)11-22-20-16(19-21-22)14-7-9-17-10-8-14/h2-10,12H,11H2,1H3,(H,18,23). The zero-order chi connectivity index (χ0) is 16.1. The number of aromatic nitrogens is 5. The molecule has 0 aliphatic rings. The van der Waals surface area contributed by atoms with Gasteiger partial charge in [0.15, 0.2) is 0 Å². The minimum Gasteiger partial charge on any atom is -0.348 e. The molecule has 7 nitrogen and oxygen atoms in total. The van der Waals surface area contributed by atoms with Gasteiger partial charge in [-0.25, -0.2) is 0 Å². The van der Waals surface area contributed by atoms with Crippen molar-refractivity contribution in [2.45, 2.75) is 19.5 Å². The molecule has 1 amide bonds. The molecule has 3 aromatic rings. The zero-order valence-corrected chi connectivity index (χ0v) is 12.6. The van der Waals surface area contributed by atoms with Crippen molar-refractivity contribution in [3.8, 4) is 11.4 Å². The van der Waals surface area contributed by atoms with Gasteiger partial charge in [-0.2, -0.15) is 4.80 Å². The Morgan fingerprint density at radius 3 is 2.65 bits per heavy atom. The minimum atomic E-state index is -0.167. The Morgan fingerprint density at radius 2 is 1.91 bits per heavy atom. The molecule has 1 aromatic carbocycles. The van der Waals surface area contributed by atoms with Crippen LogP contribution in [0.1, 0.15) is 18.5 Å².